The maximum Gasteiger partial charge on any atom is 0.308 e. The van der Waals surface area contributed by atoms with E-state index in [0.717, 1.165) is 0 Å². The minimum atomic E-state index is -0.401. The summed E-state index contributed by atoms with van der Waals surface area (Å²) in [6.07, 6.45) is 1.51. The summed E-state index contributed by atoms with van der Waals surface area (Å²) in [4.78, 5) is 39.8. The second kappa shape index (κ2) is 9.32. The maximum atomic E-state index is 12.7. The van der Waals surface area contributed by atoms with Crippen molar-refractivity contribution in [3.63, 3.8) is 0 Å². The van der Waals surface area contributed by atoms with Crippen molar-refractivity contribution in [1.29, 1.82) is 0 Å². The highest BCUT2D eigenvalue weighted by atomic mass is 16.5. The molecule has 0 bridgehead atoms. The van der Waals surface area contributed by atoms with Gasteiger partial charge in [0, 0.05) is 36.7 Å². The molecule has 1 aliphatic carbocycles. The number of carbonyl (C=O) groups excluding carboxylic acids is 3. The maximum absolute atomic E-state index is 12.7. The average Bonchev–Trinajstić information content (AvgIpc) is 2.78. The first-order valence-electron chi connectivity index (χ1n) is 10.2. The Labute approximate surface area is 190 Å². The number of ketones is 1. The number of hydrogen-bond donors (Lipinski definition) is 1. The summed E-state index contributed by atoms with van der Waals surface area (Å²) in [7, 11) is 0. The number of anilines is 1. The third kappa shape index (κ3) is 5.22. The smallest absolute Gasteiger partial charge is 0.308 e. The zero-order valence-corrected chi connectivity index (χ0v) is 18.0. The van der Waals surface area contributed by atoms with Crippen LogP contribution in [0.5, 0.6) is 11.5 Å². The fourth-order valence-electron chi connectivity index (χ4n) is 3.35. The molecule has 0 aliphatic heterocycles. The fraction of sp³-hybridized carbons (Fsp3) is 0.0769. The lowest BCUT2D eigenvalue weighted by Gasteiger charge is -2.20. The second-order valence-corrected chi connectivity index (χ2v) is 7.26. The third-order valence-corrected chi connectivity index (χ3v) is 4.71. The van der Waals surface area contributed by atoms with Crippen molar-refractivity contribution in [3.8, 4) is 11.5 Å². The van der Waals surface area contributed by atoms with Gasteiger partial charge in [-0.25, -0.2) is 4.99 Å². The molecule has 0 saturated carbocycles. The number of aliphatic imine (C=N–C) groups is 1. The van der Waals surface area contributed by atoms with Crippen LogP contribution in [0.3, 0.4) is 0 Å². The van der Waals surface area contributed by atoms with Crippen molar-refractivity contribution in [3.05, 3.63) is 95.7 Å². The summed E-state index contributed by atoms with van der Waals surface area (Å²) < 4.78 is 10.1. The van der Waals surface area contributed by atoms with Gasteiger partial charge in [-0.1, -0.05) is 24.3 Å². The number of esters is 2. The Morgan fingerprint density at radius 2 is 1.30 bits per heavy atom. The Hall–Kier alpha value is -4.52. The number of allylic oxidation sites excluding steroid dienone is 2. The van der Waals surface area contributed by atoms with Crippen molar-refractivity contribution in [2.45, 2.75) is 13.8 Å². The van der Waals surface area contributed by atoms with E-state index in [-0.39, 0.29) is 5.78 Å². The Morgan fingerprint density at radius 1 is 0.758 bits per heavy atom. The number of rotatable bonds is 5. The number of hydrogen-bond acceptors (Lipinski definition) is 7. The third-order valence-electron chi connectivity index (χ3n) is 4.71. The van der Waals surface area contributed by atoms with E-state index in [4.69, 9.17) is 14.5 Å². The van der Waals surface area contributed by atoms with E-state index in [0.29, 0.717) is 45.4 Å². The van der Waals surface area contributed by atoms with Crippen LogP contribution in [0.1, 0.15) is 29.8 Å². The average molecular weight is 440 g/mol. The Balaban J connectivity index is 1.69. The molecule has 0 amide bonds. The van der Waals surface area contributed by atoms with Crippen molar-refractivity contribution >= 4 is 34.8 Å². The molecule has 0 radical (unpaired) electrons. The van der Waals surface area contributed by atoms with Gasteiger partial charge in [0.25, 0.3) is 0 Å². The molecule has 0 fully saturated rings. The standard InChI is InChI=1S/C26H20N2O5/c1-16(29)32-20-11-7-18(8-12-20)27-24-15-25(31)22-5-3-4-6-23(22)26(24)28-19-9-13-21(14-10-19)33-17(2)30/h3-15,27H,1-2H3. The largest absolute Gasteiger partial charge is 0.427 e. The molecule has 3 aromatic carbocycles. The minimum absolute atomic E-state index is 0.131. The van der Waals surface area contributed by atoms with Crippen molar-refractivity contribution < 1.29 is 23.9 Å². The number of fused-ring (bicyclic) bond motifs is 1. The minimum Gasteiger partial charge on any atom is -0.427 e. The van der Waals surface area contributed by atoms with Gasteiger partial charge in [0.1, 0.15) is 11.5 Å². The summed E-state index contributed by atoms with van der Waals surface area (Å²) in [6.45, 7) is 2.68. The summed E-state index contributed by atoms with van der Waals surface area (Å²) in [6, 6.07) is 20.9. The highest BCUT2D eigenvalue weighted by molar-refractivity contribution is 6.27. The number of ether oxygens (including phenoxy) is 2. The summed E-state index contributed by atoms with van der Waals surface area (Å²) in [5.74, 6) is -0.0833. The lowest BCUT2D eigenvalue weighted by atomic mass is 9.91. The van der Waals surface area contributed by atoms with E-state index in [1.54, 1.807) is 54.6 Å². The summed E-state index contributed by atoms with van der Waals surface area (Å²) in [5.41, 5.74) is 3.71. The molecule has 164 valence electrons. The Kier molecular flexibility index (Phi) is 6.13. The van der Waals surface area contributed by atoms with Crippen LogP contribution in [-0.2, 0) is 9.59 Å². The van der Waals surface area contributed by atoms with Gasteiger partial charge in [-0.05, 0) is 48.5 Å². The molecule has 0 saturated heterocycles. The molecule has 4 rings (SSSR count). The van der Waals surface area contributed by atoms with Crippen LogP contribution in [-0.4, -0.2) is 23.4 Å². The van der Waals surface area contributed by atoms with E-state index in [1.807, 2.05) is 18.2 Å². The highest BCUT2D eigenvalue weighted by Gasteiger charge is 2.24. The zero-order chi connectivity index (χ0) is 23.4. The fourth-order valence-corrected chi connectivity index (χ4v) is 3.35. The molecule has 0 spiro atoms. The van der Waals surface area contributed by atoms with Gasteiger partial charge >= 0.3 is 11.9 Å². The topological polar surface area (TPSA) is 94.1 Å². The molecule has 3 aromatic rings. The second-order valence-electron chi connectivity index (χ2n) is 7.26. The van der Waals surface area contributed by atoms with Crippen LogP contribution in [0.15, 0.2) is 89.6 Å². The monoisotopic (exact) mass is 440 g/mol. The van der Waals surface area contributed by atoms with Crippen LogP contribution in [0.25, 0.3) is 0 Å². The molecule has 1 N–H and O–H groups in total. The van der Waals surface area contributed by atoms with E-state index >= 15 is 0 Å². The van der Waals surface area contributed by atoms with Gasteiger partial charge in [-0.2, -0.15) is 0 Å². The van der Waals surface area contributed by atoms with Crippen LogP contribution < -0.4 is 14.8 Å². The molecule has 7 heteroatoms. The number of nitrogens with zero attached hydrogens (tertiary/aromatic N) is 1. The zero-order valence-electron chi connectivity index (χ0n) is 18.0. The van der Waals surface area contributed by atoms with Crippen molar-refractivity contribution in [2.75, 3.05) is 5.32 Å². The number of benzene rings is 3. The lowest BCUT2D eigenvalue weighted by Crippen LogP contribution is -2.22. The molecular formula is C26H20N2O5. The molecule has 0 heterocycles. The van der Waals surface area contributed by atoms with E-state index in [1.165, 1.54) is 19.9 Å². The predicted octanol–water partition coefficient (Wildman–Crippen LogP) is 4.85. The van der Waals surface area contributed by atoms with E-state index in [9.17, 15) is 14.4 Å². The number of nitrogens with one attached hydrogen (secondary N) is 1. The number of carbonyl (C=O) groups is 3. The van der Waals surface area contributed by atoms with Crippen molar-refractivity contribution in [1.82, 2.24) is 0 Å². The van der Waals surface area contributed by atoms with Crippen LogP contribution in [0.2, 0.25) is 0 Å². The molecule has 7 nitrogen and oxygen atoms in total. The predicted molar refractivity (Wildman–Crippen MR) is 124 cm³/mol. The molecule has 33 heavy (non-hydrogen) atoms. The van der Waals surface area contributed by atoms with Gasteiger partial charge in [0.15, 0.2) is 5.78 Å². The van der Waals surface area contributed by atoms with Crippen LogP contribution >= 0.6 is 0 Å². The summed E-state index contributed by atoms with van der Waals surface area (Å²) >= 11 is 0. The Morgan fingerprint density at radius 3 is 1.88 bits per heavy atom. The summed E-state index contributed by atoms with van der Waals surface area (Å²) in [5, 5.41) is 3.24. The van der Waals surface area contributed by atoms with Gasteiger partial charge in [0.05, 0.1) is 17.1 Å². The molecule has 1 aliphatic rings. The highest BCUT2D eigenvalue weighted by Crippen LogP contribution is 2.28. The SMILES string of the molecule is CC(=O)Oc1ccc(N=C2C(Nc3ccc(OC(C)=O)cc3)=CC(=O)c3ccccc32)cc1. The van der Waals surface area contributed by atoms with Gasteiger partial charge in [0.2, 0.25) is 0 Å². The van der Waals surface area contributed by atoms with Gasteiger partial charge in [-0.15, -0.1) is 0 Å². The van der Waals surface area contributed by atoms with Crippen molar-refractivity contribution in [2.24, 2.45) is 4.99 Å². The van der Waals surface area contributed by atoms with Crippen LogP contribution in [0, 0.1) is 0 Å². The first-order valence-corrected chi connectivity index (χ1v) is 10.2. The molecular weight excluding hydrogens is 420 g/mol. The molecule has 0 atom stereocenters. The van der Waals surface area contributed by atoms with E-state index < -0.39 is 11.9 Å². The molecule has 0 unspecified atom stereocenters. The first-order chi connectivity index (χ1) is 15.9. The normalized spacial score (nSPS) is 13.7. The molecule has 0 aromatic heterocycles. The quantitative estimate of drug-likeness (QED) is 0.450. The lowest BCUT2D eigenvalue weighted by molar-refractivity contribution is -0.132. The Bertz CT molecular complexity index is 1290. The van der Waals surface area contributed by atoms with Crippen LogP contribution in [0.4, 0.5) is 11.4 Å². The first kappa shape index (κ1) is 21.7. The van der Waals surface area contributed by atoms with E-state index in [2.05, 4.69) is 5.32 Å². The van der Waals surface area contributed by atoms with Gasteiger partial charge in [-0.3, -0.25) is 14.4 Å². The van der Waals surface area contributed by atoms with Gasteiger partial charge < -0.3 is 14.8 Å².